The Labute approximate surface area is 138 Å². The molecular weight excluding hydrogens is 327 g/mol. The van der Waals surface area contributed by atoms with Crippen LogP contribution in [0.5, 0.6) is 0 Å². The van der Waals surface area contributed by atoms with Gasteiger partial charge in [-0.3, -0.25) is 0 Å². The van der Waals surface area contributed by atoms with Crippen LogP contribution in [0.1, 0.15) is 18.5 Å². The van der Waals surface area contributed by atoms with Crippen LogP contribution in [-0.4, -0.2) is 26.0 Å². The van der Waals surface area contributed by atoms with Crippen molar-refractivity contribution in [1.29, 1.82) is 0 Å². The maximum absolute atomic E-state index is 5.95. The molecule has 0 aliphatic carbocycles. The molecule has 0 amide bonds. The van der Waals surface area contributed by atoms with Gasteiger partial charge in [0.2, 0.25) is 11.2 Å². The van der Waals surface area contributed by atoms with E-state index in [1.807, 2.05) is 13.0 Å². The molecule has 3 aromatic heterocycles. The Hall–Kier alpha value is -1.83. The van der Waals surface area contributed by atoms with Gasteiger partial charge in [-0.2, -0.15) is 4.98 Å². The van der Waals surface area contributed by atoms with Crippen molar-refractivity contribution in [3.8, 4) is 0 Å². The molecule has 0 bridgehead atoms. The zero-order valence-electron chi connectivity index (χ0n) is 11.8. The standard InChI is InChI=1S/C13H15ClN6O.ClH/c1-7(15)4-8-5-9-11(17-6-10-16-2-3-21-10)19-13(14)20-12(9)18-8;/h2-3,5,7H,4,6,15H2,1H3,(H2,17,18,19,20);1H. The van der Waals surface area contributed by atoms with Crippen LogP contribution < -0.4 is 11.1 Å². The smallest absolute Gasteiger partial charge is 0.226 e. The third-order valence-corrected chi connectivity index (χ3v) is 3.12. The van der Waals surface area contributed by atoms with Gasteiger partial charge in [0.25, 0.3) is 0 Å². The van der Waals surface area contributed by atoms with Gasteiger partial charge in [-0.05, 0) is 24.6 Å². The van der Waals surface area contributed by atoms with Crippen LogP contribution in [0.15, 0.2) is 22.9 Å². The topological polar surface area (TPSA) is 106 Å². The molecule has 3 rings (SSSR count). The molecular formula is C13H16Cl2N6O. The first-order valence-corrected chi connectivity index (χ1v) is 6.92. The van der Waals surface area contributed by atoms with Crippen LogP contribution in [0, 0.1) is 0 Å². The molecule has 0 aliphatic rings. The molecule has 0 fully saturated rings. The highest BCUT2D eigenvalue weighted by Gasteiger charge is 2.12. The summed E-state index contributed by atoms with van der Waals surface area (Å²) in [6, 6.07) is 2.04. The van der Waals surface area contributed by atoms with Gasteiger partial charge >= 0.3 is 0 Å². The minimum Gasteiger partial charge on any atom is -0.447 e. The van der Waals surface area contributed by atoms with E-state index in [-0.39, 0.29) is 23.7 Å². The molecule has 118 valence electrons. The highest BCUT2D eigenvalue weighted by atomic mass is 35.5. The number of aromatic amines is 1. The third-order valence-electron chi connectivity index (χ3n) is 2.95. The van der Waals surface area contributed by atoms with Crippen molar-refractivity contribution in [3.05, 3.63) is 35.4 Å². The van der Waals surface area contributed by atoms with Gasteiger partial charge in [-0.1, -0.05) is 0 Å². The predicted octanol–water partition coefficient (Wildman–Crippen LogP) is 2.52. The first kappa shape index (κ1) is 16.5. The number of H-pyrrole nitrogens is 1. The van der Waals surface area contributed by atoms with Crippen LogP contribution in [0.4, 0.5) is 5.82 Å². The Balaban J connectivity index is 0.00000176. The fourth-order valence-electron chi connectivity index (χ4n) is 2.13. The number of fused-ring (bicyclic) bond motifs is 1. The lowest BCUT2D eigenvalue weighted by molar-refractivity contribution is 0.503. The third kappa shape index (κ3) is 3.68. The Bertz CT molecular complexity index is 740. The average molecular weight is 343 g/mol. The summed E-state index contributed by atoms with van der Waals surface area (Å²) in [5, 5.41) is 4.19. The fourth-order valence-corrected chi connectivity index (χ4v) is 2.30. The SMILES string of the molecule is CC(N)Cc1cc2c(NCc3ncco3)nc(Cl)nc2[nH]1.Cl. The summed E-state index contributed by atoms with van der Waals surface area (Å²) >= 11 is 5.95. The van der Waals surface area contributed by atoms with Crippen LogP contribution in [-0.2, 0) is 13.0 Å². The summed E-state index contributed by atoms with van der Waals surface area (Å²) < 4.78 is 5.18. The van der Waals surface area contributed by atoms with Crippen molar-refractivity contribution in [2.45, 2.75) is 25.9 Å². The molecule has 0 saturated carbocycles. The van der Waals surface area contributed by atoms with E-state index in [9.17, 15) is 0 Å². The Morgan fingerprint density at radius 2 is 2.27 bits per heavy atom. The fraction of sp³-hybridized carbons (Fsp3) is 0.308. The summed E-state index contributed by atoms with van der Waals surface area (Å²) in [4.78, 5) is 15.7. The van der Waals surface area contributed by atoms with E-state index in [0.29, 0.717) is 23.9 Å². The number of nitrogens with two attached hydrogens (primary N) is 1. The summed E-state index contributed by atoms with van der Waals surface area (Å²) in [5.74, 6) is 1.21. The molecule has 0 saturated heterocycles. The number of hydrogen-bond donors (Lipinski definition) is 3. The summed E-state index contributed by atoms with van der Waals surface area (Å²) in [5.41, 5.74) is 7.50. The molecule has 1 atom stereocenters. The lowest BCUT2D eigenvalue weighted by atomic mass is 10.2. The lowest BCUT2D eigenvalue weighted by Gasteiger charge is -2.04. The monoisotopic (exact) mass is 342 g/mol. The molecule has 0 spiro atoms. The van der Waals surface area contributed by atoms with E-state index >= 15 is 0 Å². The van der Waals surface area contributed by atoms with Crippen molar-refractivity contribution >= 4 is 40.9 Å². The van der Waals surface area contributed by atoms with E-state index < -0.39 is 0 Å². The number of halogens is 2. The molecule has 3 aromatic rings. The minimum absolute atomic E-state index is 0. The van der Waals surface area contributed by atoms with Crippen molar-refractivity contribution in [2.75, 3.05) is 5.32 Å². The molecule has 9 heteroatoms. The number of anilines is 1. The summed E-state index contributed by atoms with van der Waals surface area (Å²) in [6.07, 6.45) is 3.85. The Morgan fingerprint density at radius 1 is 1.45 bits per heavy atom. The van der Waals surface area contributed by atoms with Crippen molar-refractivity contribution in [3.63, 3.8) is 0 Å². The maximum Gasteiger partial charge on any atom is 0.226 e. The highest BCUT2D eigenvalue weighted by molar-refractivity contribution is 6.28. The second-order valence-electron chi connectivity index (χ2n) is 4.86. The van der Waals surface area contributed by atoms with E-state index in [0.717, 1.165) is 17.5 Å². The normalized spacial score (nSPS) is 12.1. The van der Waals surface area contributed by atoms with Crippen molar-refractivity contribution in [1.82, 2.24) is 19.9 Å². The van der Waals surface area contributed by atoms with E-state index in [1.54, 1.807) is 6.20 Å². The molecule has 22 heavy (non-hydrogen) atoms. The molecule has 0 radical (unpaired) electrons. The highest BCUT2D eigenvalue weighted by Crippen LogP contribution is 2.24. The van der Waals surface area contributed by atoms with E-state index in [2.05, 4.69) is 25.3 Å². The molecule has 3 heterocycles. The Morgan fingerprint density at radius 3 is 2.95 bits per heavy atom. The number of hydrogen-bond acceptors (Lipinski definition) is 6. The Kier molecular flexibility index (Phi) is 5.23. The minimum atomic E-state index is 0. The molecule has 4 N–H and O–H groups in total. The molecule has 0 aliphatic heterocycles. The molecule has 1 unspecified atom stereocenters. The summed E-state index contributed by atoms with van der Waals surface area (Å²) in [7, 11) is 0. The molecule has 0 aromatic carbocycles. The van der Waals surface area contributed by atoms with Gasteiger partial charge in [0.1, 0.15) is 17.7 Å². The zero-order chi connectivity index (χ0) is 14.8. The maximum atomic E-state index is 5.95. The van der Waals surface area contributed by atoms with Gasteiger partial charge in [-0.15, -0.1) is 12.4 Å². The van der Waals surface area contributed by atoms with E-state index in [1.165, 1.54) is 6.26 Å². The van der Waals surface area contributed by atoms with Crippen LogP contribution in [0.25, 0.3) is 11.0 Å². The van der Waals surface area contributed by atoms with Crippen molar-refractivity contribution in [2.24, 2.45) is 5.73 Å². The zero-order valence-corrected chi connectivity index (χ0v) is 13.4. The first-order chi connectivity index (χ1) is 10.1. The van der Waals surface area contributed by atoms with Crippen LogP contribution >= 0.6 is 24.0 Å². The number of oxazole rings is 1. The van der Waals surface area contributed by atoms with Gasteiger partial charge in [0.15, 0.2) is 0 Å². The van der Waals surface area contributed by atoms with Gasteiger partial charge < -0.3 is 20.5 Å². The van der Waals surface area contributed by atoms with Crippen molar-refractivity contribution < 1.29 is 4.42 Å². The summed E-state index contributed by atoms with van der Waals surface area (Å²) in [6.45, 7) is 2.37. The molecule has 7 nitrogen and oxygen atoms in total. The quantitative estimate of drug-likeness (QED) is 0.615. The number of rotatable bonds is 5. The van der Waals surface area contributed by atoms with Gasteiger partial charge in [-0.25, -0.2) is 9.97 Å². The number of aromatic nitrogens is 4. The predicted molar refractivity (Wildman–Crippen MR) is 87.3 cm³/mol. The van der Waals surface area contributed by atoms with E-state index in [4.69, 9.17) is 21.8 Å². The second kappa shape index (κ2) is 6.95. The number of nitrogens with zero attached hydrogens (tertiary/aromatic N) is 3. The van der Waals surface area contributed by atoms with Gasteiger partial charge in [0, 0.05) is 18.2 Å². The lowest BCUT2D eigenvalue weighted by Crippen LogP contribution is -2.17. The largest absolute Gasteiger partial charge is 0.447 e. The number of nitrogens with one attached hydrogen (secondary N) is 2. The average Bonchev–Trinajstić information content (AvgIpc) is 3.03. The van der Waals surface area contributed by atoms with Gasteiger partial charge in [0.05, 0.1) is 18.1 Å². The van der Waals surface area contributed by atoms with Crippen LogP contribution in [0.2, 0.25) is 5.28 Å². The second-order valence-corrected chi connectivity index (χ2v) is 5.20. The first-order valence-electron chi connectivity index (χ1n) is 6.55. The van der Waals surface area contributed by atoms with Crippen LogP contribution in [0.3, 0.4) is 0 Å².